The zero-order valence-electron chi connectivity index (χ0n) is 11.7. The molecule has 3 rings (SSSR count). The van der Waals surface area contributed by atoms with Crippen LogP contribution < -0.4 is 5.32 Å². The summed E-state index contributed by atoms with van der Waals surface area (Å²) in [6.45, 7) is 0.496. The number of rotatable bonds is 5. The van der Waals surface area contributed by atoms with E-state index in [-0.39, 0.29) is 6.61 Å². The first-order chi connectivity index (χ1) is 10.3. The number of anilines is 1. The van der Waals surface area contributed by atoms with Crippen molar-refractivity contribution in [3.05, 3.63) is 54.2 Å². The second kappa shape index (κ2) is 5.80. The van der Waals surface area contributed by atoms with Crippen LogP contribution >= 0.6 is 0 Å². The molecule has 0 bridgehead atoms. The molecule has 0 aliphatic rings. The predicted octanol–water partition coefficient (Wildman–Crippen LogP) is 2.18. The summed E-state index contributed by atoms with van der Waals surface area (Å²) in [4.78, 5) is 0. The van der Waals surface area contributed by atoms with Crippen LogP contribution in [0.2, 0.25) is 0 Å². The van der Waals surface area contributed by atoms with E-state index in [1.165, 1.54) is 0 Å². The van der Waals surface area contributed by atoms with Gasteiger partial charge in [-0.1, -0.05) is 0 Å². The van der Waals surface area contributed by atoms with E-state index < -0.39 is 0 Å². The van der Waals surface area contributed by atoms with E-state index in [0.29, 0.717) is 12.3 Å². The molecule has 0 aliphatic heterocycles. The zero-order valence-corrected chi connectivity index (χ0v) is 11.7. The van der Waals surface area contributed by atoms with E-state index in [9.17, 15) is 0 Å². The summed E-state index contributed by atoms with van der Waals surface area (Å²) in [7, 11) is 1.91. The molecule has 1 aromatic carbocycles. The van der Waals surface area contributed by atoms with Gasteiger partial charge in [-0.25, -0.2) is 0 Å². The lowest BCUT2D eigenvalue weighted by molar-refractivity contribution is 0.244. The first kappa shape index (κ1) is 13.4. The standard InChI is InChI=1S/C15H16N4O2/c1-19-10-17-18-15(19)11-2-4-12(5-3-11)16-8-13-6-7-14(9-20)21-13/h2-7,10,16,20H,8-9H2,1H3. The van der Waals surface area contributed by atoms with Crippen LogP contribution in [0.15, 0.2) is 47.1 Å². The summed E-state index contributed by atoms with van der Waals surface area (Å²) in [6.07, 6.45) is 1.68. The molecule has 6 nitrogen and oxygen atoms in total. The molecule has 0 radical (unpaired) electrons. The molecule has 0 amide bonds. The normalized spacial score (nSPS) is 10.8. The number of benzene rings is 1. The molecule has 6 heteroatoms. The quantitative estimate of drug-likeness (QED) is 0.751. The molecule has 0 aliphatic carbocycles. The molecule has 0 atom stereocenters. The first-order valence-corrected chi connectivity index (χ1v) is 6.63. The Morgan fingerprint density at radius 1 is 1.14 bits per heavy atom. The van der Waals surface area contributed by atoms with E-state index in [4.69, 9.17) is 9.52 Å². The van der Waals surface area contributed by atoms with Crippen LogP contribution in [0.3, 0.4) is 0 Å². The van der Waals surface area contributed by atoms with Gasteiger partial charge in [0, 0.05) is 18.3 Å². The molecule has 108 valence electrons. The fourth-order valence-corrected chi connectivity index (χ4v) is 2.07. The summed E-state index contributed by atoms with van der Waals surface area (Å²) >= 11 is 0. The Hall–Kier alpha value is -2.60. The fourth-order valence-electron chi connectivity index (χ4n) is 2.07. The minimum atomic E-state index is -0.0770. The summed E-state index contributed by atoms with van der Waals surface area (Å²) < 4.78 is 7.30. The number of aromatic nitrogens is 3. The first-order valence-electron chi connectivity index (χ1n) is 6.63. The molecule has 2 aromatic heterocycles. The van der Waals surface area contributed by atoms with Crippen LogP contribution in [-0.4, -0.2) is 19.9 Å². The Morgan fingerprint density at radius 2 is 1.90 bits per heavy atom. The number of aryl methyl sites for hydroxylation is 1. The molecule has 2 N–H and O–H groups in total. The highest BCUT2D eigenvalue weighted by molar-refractivity contribution is 5.59. The maximum Gasteiger partial charge on any atom is 0.163 e. The van der Waals surface area contributed by atoms with E-state index >= 15 is 0 Å². The topological polar surface area (TPSA) is 76.1 Å². The van der Waals surface area contributed by atoms with Crippen molar-refractivity contribution in [1.82, 2.24) is 14.8 Å². The van der Waals surface area contributed by atoms with Gasteiger partial charge in [-0.15, -0.1) is 10.2 Å². The molecule has 0 saturated carbocycles. The van der Waals surface area contributed by atoms with Crippen LogP contribution in [0.25, 0.3) is 11.4 Å². The number of nitrogens with one attached hydrogen (secondary N) is 1. The van der Waals surface area contributed by atoms with Crippen molar-refractivity contribution in [3.63, 3.8) is 0 Å². The zero-order chi connectivity index (χ0) is 14.7. The van der Waals surface area contributed by atoms with Gasteiger partial charge in [0.15, 0.2) is 5.82 Å². The number of aliphatic hydroxyl groups excluding tert-OH is 1. The summed E-state index contributed by atoms with van der Waals surface area (Å²) in [5.74, 6) is 2.20. The van der Waals surface area contributed by atoms with E-state index in [0.717, 1.165) is 22.8 Å². The van der Waals surface area contributed by atoms with Gasteiger partial charge in [0.2, 0.25) is 0 Å². The van der Waals surface area contributed by atoms with Crippen LogP contribution in [0.4, 0.5) is 5.69 Å². The molecule has 21 heavy (non-hydrogen) atoms. The van der Waals surface area contributed by atoms with Crippen molar-refractivity contribution in [2.75, 3.05) is 5.32 Å². The summed E-state index contributed by atoms with van der Waals surface area (Å²) in [5.41, 5.74) is 2.00. The van der Waals surface area contributed by atoms with Crippen molar-refractivity contribution < 1.29 is 9.52 Å². The van der Waals surface area contributed by atoms with Crippen molar-refractivity contribution in [2.45, 2.75) is 13.2 Å². The average molecular weight is 284 g/mol. The minimum absolute atomic E-state index is 0.0770. The van der Waals surface area contributed by atoms with Crippen molar-refractivity contribution in [3.8, 4) is 11.4 Å². The van der Waals surface area contributed by atoms with Gasteiger partial charge < -0.3 is 19.4 Å². The van der Waals surface area contributed by atoms with Crippen LogP contribution in [0, 0.1) is 0 Å². The van der Waals surface area contributed by atoms with Gasteiger partial charge in [-0.3, -0.25) is 0 Å². The third-order valence-electron chi connectivity index (χ3n) is 3.19. The lowest BCUT2D eigenvalue weighted by Crippen LogP contribution is -1.98. The van der Waals surface area contributed by atoms with Crippen LogP contribution in [0.1, 0.15) is 11.5 Å². The lowest BCUT2D eigenvalue weighted by atomic mass is 10.2. The average Bonchev–Trinajstić information content (AvgIpc) is 3.14. The van der Waals surface area contributed by atoms with Gasteiger partial charge in [0.25, 0.3) is 0 Å². The lowest BCUT2D eigenvalue weighted by Gasteiger charge is -2.06. The Bertz CT molecular complexity index is 715. The molecule has 3 aromatic rings. The number of nitrogens with zero attached hydrogens (tertiary/aromatic N) is 3. The number of hydrogen-bond donors (Lipinski definition) is 2. The minimum Gasteiger partial charge on any atom is -0.462 e. The van der Waals surface area contributed by atoms with Gasteiger partial charge in [0.05, 0.1) is 6.54 Å². The smallest absolute Gasteiger partial charge is 0.163 e. The molecule has 0 saturated heterocycles. The number of furan rings is 1. The molecule has 2 heterocycles. The highest BCUT2D eigenvalue weighted by Gasteiger charge is 2.05. The highest BCUT2D eigenvalue weighted by atomic mass is 16.4. The van der Waals surface area contributed by atoms with E-state index in [1.54, 1.807) is 12.4 Å². The Kier molecular flexibility index (Phi) is 3.70. The maximum absolute atomic E-state index is 8.95. The predicted molar refractivity (Wildman–Crippen MR) is 78.4 cm³/mol. The van der Waals surface area contributed by atoms with Gasteiger partial charge in [0.1, 0.15) is 24.5 Å². The summed E-state index contributed by atoms with van der Waals surface area (Å²) in [5, 5.41) is 20.2. The third-order valence-corrected chi connectivity index (χ3v) is 3.19. The van der Waals surface area contributed by atoms with Crippen molar-refractivity contribution in [2.24, 2.45) is 7.05 Å². The van der Waals surface area contributed by atoms with Crippen molar-refractivity contribution in [1.29, 1.82) is 0 Å². The Labute approximate surface area is 122 Å². The van der Waals surface area contributed by atoms with Gasteiger partial charge >= 0.3 is 0 Å². The Morgan fingerprint density at radius 3 is 2.52 bits per heavy atom. The third kappa shape index (κ3) is 2.95. The monoisotopic (exact) mass is 284 g/mol. The SMILES string of the molecule is Cn1cnnc1-c1ccc(NCc2ccc(CO)o2)cc1. The van der Waals surface area contributed by atoms with Gasteiger partial charge in [-0.05, 0) is 36.4 Å². The second-order valence-corrected chi connectivity index (χ2v) is 4.72. The maximum atomic E-state index is 8.95. The molecule has 0 unspecified atom stereocenters. The highest BCUT2D eigenvalue weighted by Crippen LogP contribution is 2.19. The summed E-state index contributed by atoms with van der Waals surface area (Å²) in [6, 6.07) is 11.6. The van der Waals surface area contributed by atoms with Crippen LogP contribution in [-0.2, 0) is 20.2 Å². The van der Waals surface area contributed by atoms with E-state index in [2.05, 4.69) is 15.5 Å². The van der Waals surface area contributed by atoms with E-state index in [1.807, 2.05) is 41.9 Å². The van der Waals surface area contributed by atoms with Crippen LogP contribution in [0.5, 0.6) is 0 Å². The van der Waals surface area contributed by atoms with Crippen molar-refractivity contribution >= 4 is 5.69 Å². The molecular weight excluding hydrogens is 268 g/mol. The largest absolute Gasteiger partial charge is 0.462 e. The second-order valence-electron chi connectivity index (χ2n) is 4.72. The van der Waals surface area contributed by atoms with Gasteiger partial charge in [-0.2, -0.15) is 0 Å². The number of hydrogen-bond acceptors (Lipinski definition) is 5. The number of aliphatic hydroxyl groups is 1. The fraction of sp³-hybridized carbons (Fsp3) is 0.200. The molecule has 0 spiro atoms. The molecular formula is C15H16N4O2. The Balaban J connectivity index is 1.66. The molecule has 0 fully saturated rings.